The highest BCUT2D eigenvalue weighted by molar-refractivity contribution is 5.80. The van der Waals surface area contributed by atoms with Crippen LogP contribution in [0.5, 0.6) is 0 Å². The molecule has 6 heteroatoms. The number of amidine groups is 1. The van der Waals surface area contributed by atoms with Crippen molar-refractivity contribution in [2.75, 3.05) is 13.6 Å². The molecular weight excluding hydrogens is 219 g/mol. The van der Waals surface area contributed by atoms with E-state index in [2.05, 4.69) is 0 Å². The lowest BCUT2D eigenvalue weighted by Crippen LogP contribution is -2.45. The van der Waals surface area contributed by atoms with Gasteiger partial charge >= 0.3 is 6.18 Å². The molecule has 0 spiro atoms. The second-order valence-electron chi connectivity index (χ2n) is 4.43. The Balaban J connectivity index is 2.57. The third-order valence-corrected chi connectivity index (χ3v) is 3.19. The average Bonchev–Trinajstić information content (AvgIpc) is 2.63. The summed E-state index contributed by atoms with van der Waals surface area (Å²) < 4.78 is 37.7. The molecule has 0 aliphatic heterocycles. The fourth-order valence-corrected chi connectivity index (χ4v) is 2.16. The number of hydrogen-bond acceptors (Lipinski definition) is 2. The SMILES string of the molecule is CN(CC(C(=N)N)C(F)(F)F)C1CCCC1. The van der Waals surface area contributed by atoms with Crippen LogP contribution in [0.3, 0.4) is 0 Å². The second kappa shape index (κ2) is 5.03. The normalized spacial score (nSPS) is 20.3. The summed E-state index contributed by atoms with van der Waals surface area (Å²) in [5, 5.41) is 7.00. The van der Waals surface area contributed by atoms with Crippen molar-refractivity contribution in [2.24, 2.45) is 11.7 Å². The third-order valence-electron chi connectivity index (χ3n) is 3.19. The fraction of sp³-hybridized carbons (Fsp3) is 0.900. The molecule has 3 nitrogen and oxygen atoms in total. The first-order valence-corrected chi connectivity index (χ1v) is 5.43. The summed E-state index contributed by atoms with van der Waals surface area (Å²) in [6, 6.07) is 0.212. The Kier molecular flexibility index (Phi) is 4.18. The molecular formula is C10H18F3N3. The number of rotatable bonds is 4. The van der Waals surface area contributed by atoms with E-state index in [0.29, 0.717) is 0 Å². The minimum absolute atomic E-state index is 0.205. The summed E-state index contributed by atoms with van der Waals surface area (Å²) in [6.07, 6.45) is -0.381. The van der Waals surface area contributed by atoms with Gasteiger partial charge in [-0.3, -0.25) is 5.41 Å². The highest BCUT2D eigenvalue weighted by atomic mass is 19.4. The molecule has 0 radical (unpaired) electrons. The van der Waals surface area contributed by atoms with Crippen molar-refractivity contribution in [1.82, 2.24) is 4.90 Å². The second-order valence-corrected chi connectivity index (χ2v) is 4.43. The molecule has 0 aromatic carbocycles. The molecule has 0 aromatic rings. The lowest BCUT2D eigenvalue weighted by molar-refractivity contribution is -0.160. The van der Waals surface area contributed by atoms with Crippen LogP contribution < -0.4 is 5.73 Å². The summed E-state index contributed by atoms with van der Waals surface area (Å²) in [4.78, 5) is 1.69. The van der Waals surface area contributed by atoms with Crippen molar-refractivity contribution >= 4 is 5.84 Å². The molecule has 1 rings (SSSR count). The minimum Gasteiger partial charge on any atom is -0.387 e. The van der Waals surface area contributed by atoms with Crippen LogP contribution in [0.25, 0.3) is 0 Å². The first-order valence-electron chi connectivity index (χ1n) is 5.43. The van der Waals surface area contributed by atoms with Gasteiger partial charge in [0.1, 0.15) is 11.8 Å². The highest BCUT2D eigenvalue weighted by Gasteiger charge is 2.43. The first kappa shape index (κ1) is 13.3. The van der Waals surface area contributed by atoms with E-state index < -0.39 is 17.9 Å². The summed E-state index contributed by atoms with van der Waals surface area (Å²) in [5.41, 5.74) is 5.01. The van der Waals surface area contributed by atoms with E-state index in [1.165, 1.54) is 0 Å². The van der Waals surface area contributed by atoms with E-state index in [4.69, 9.17) is 11.1 Å². The molecule has 0 bridgehead atoms. The predicted molar refractivity (Wildman–Crippen MR) is 56.3 cm³/mol. The average molecular weight is 237 g/mol. The standard InChI is InChI=1S/C10H18F3N3/c1-16(7-4-2-3-5-7)6-8(9(14)15)10(11,12)13/h7-8H,2-6H2,1H3,(H3,14,15). The molecule has 0 heterocycles. The minimum atomic E-state index is -4.42. The molecule has 0 aromatic heterocycles. The van der Waals surface area contributed by atoms with E-state index in [1.54, 1.807) is 11.9 Å². The molecule has 3 N–H and O–H groups in total. The summed E-state index contributed by atoms with van der Waals surface area (Å²) in [5.74, 6) is -2.63. The highest BCUT2D eigenvalue weighted by Crippen LogP contribution is 2.29. The monoisotopic (exact) mass is 237 g/mol. The molecule has 1 aliphatic rings. The molecule has 16 heavy (non-hydrogen) atoms. The Morgan fingerprint density at radius 2 is 1.94 bits per heavy atom. The molecule has 1 saturated carbocycles. The van der Waals surface area contributed by atoms with Gasteiger partial charge in [-0.1, -0.05) is 12.8 Å². The lowest BCUT2D eigenvalue weighted by Gasteiger charge is -2.29. The molecule has 1 aliphatic carbocycles. The van der Waals surface area contributed by atoms with E-state index in [-0.39, 0.29) is 12.6 Å². The number of hydrogen-bond donors (Lipinski definition) is 2. The van der Waals surface area contributed by atoms with Crippen LogP contribution in [0, 0.1) is 11.3 Å². The van der Waals surface area contributed by atoms with Crippen LogP contribution in [-0.4, -0.2) is 36.5 Å². The summed E-state index contributed by atoms with van der Waals surface area (Å²) in [7, 11) is 1.68. The summed E-state index contributed by atoms with van der Waals surface area (Å²) >= 11 is 0. The molecule has 0 amide bonds. The van der Waals surface area contributed by atoms with Gasteiger partial charge in [0.25, 0.3) is 0 Å². The molecule has 1 unspecified atom stereocenters. The van der Waals surface area contributed by atoms with E-state index in [9.17, 15) is 13.2 Å². The zero-order valence-electron chi connectivity index (χ0n) is 9.35. The number of halogens is 3. The molecule has 0 saturated heterocycles. The first-order chi connectivity index (χ1) is 7.32. The largest absolute Gasteiger partial charge is 0.399 e. The van der Waals surface area contributed by atoms with Crippen LogP contribution in [0.4, 0.5) is 13.2 Å². The van der Waals surface area contributed by atoms with Crippen LogP contribution >= 0.6 is 0 Å². The van der Waals surface area contributed by atoms with E-state index in [1.807, 2.05) is 0 Å². The molecule has 1 atom stereocenters. The maximum atomic E-state index is 12.6. The van der Waals surface area contributed by atoms with Gasteiger partial charge in [-0.2, -0.15) is 13.2 Å². The van der Waals surface area contributed by atoms with Crippen LogP contribution in [0.1, 0.15) is 25.7 Å². The van der Waals surface area contributed by atoms with Gasteiger partial charge in [0.05, 0.1) is 0 Å². The van der Waals surface area contributed by atoms with Gasteiger partial charge < -0.3 is 10.6 Å². The van der Waals surface area contributed by atoms with E-state index in [0.717, 1.165) is 25.7 Å². The van der Waals surface area contributed by atoms with Gasteiger partial charge in [0, 0.05) is 12.6 Å². The van der Waals surface area contributed by atoms with Gasteiger partial charge in [-0.05, 0) is 19.9 Å². The number of nitrogens with zero attached hydrogens (tertiary/aromatic N) is 1. The maximum absolute atomic E-state index is 12.6. The number of alkyl halides is 3. The van der Waals surface area contributed by atoms with Crippen molar-refractivity contribution in [3.63, 3.8) is 0 Å². The van der Waals surface area contributed by atoms with Gasteiger partial charge in [-0.25, -0.2) is 0 Å². The Bertz CT molecular complexity index is 246. The maximum Gasteiger partial charge on any atom is 0.399 e. The zero-order valence-corrected chi connectivity index (χ0v) is 9.35. The number of nitrogens with one attached hydrogen (secondary N) is 1. The van der Waals surface area contributed by atoms with Crippen molar-refractivity contribution in [3.05, 3.63) is 0 Å². The molecule has 1 fully saturated rings. The van der Waals surface area contributed by atoms with Crippen molar-refractivity contribution in [3.8, 4) is 0 Å². The third kappa shape index (κ3) is 3.37. The molecule has 94 valence electrons. The van der Waals surface area contributed by atoms with Crippen molar-refractivity contribution in [1.29, 1.82) is 5.41 Å². The fourth-order valence-electron chi connectivity index (χ4n) is 2.16. The van der Waals surface area contributed by atoms with Crippen molar-refractivity contribution < 1.29 is 13.2 Å². The Morgan fingerprint density at radius 3 is 2.31 bits per heavy atom. The van der Waals surface area contributed by atoms with Gasteiger partial charge in [0.2, 0.25) is 0 Å². The Hall–Kier alpha value is -0.780. The van der Waals surface area contributed by atoms with Crippen LogP contribution in [0.15, 0.2) is 0 Å². The predicted octanol–water partition coefficient (Wildman–Crippen LogP) is 1.98. The van der Waals surface area contributed by atoms with Crippen molar-refractivity contribution in [2.45, 2.75) is 37.9 Å². The van der Waals surface area contributed by atoms with Gasteiger partial charge in [-0.15, -0.1) is 0 Å². The van der Waals surface area contributed by atoms with Gasteiger partial charge in [0.15, 0.2) is 0 Å². The topological polar surface area (TPSA) is 53.1 Å². The number of nitrogens with two attached hydrogens (primary N) is 1. The Morgan fingerprint density at radius 1 is 1.44 bits per heavy atom. The van der Waals surface area contributed by atoms with E-state index >= 15 is 0 Å². The zero-order chi connectivity index (χ0) is 12.3. The van der Waals surface area contributed by atoms with Crippen LogP contribution in [-0.2, 0) is 0 Å². The van der Waals surface area contributed by atoms with Crippen LogP contribution in [0.2, 0.25) is 0 Å². The quantitative estimate of drug-likeness (QED) is 0.580. The lowest BCUT2D eigenvalue weighted by atomic mass is 10.1. The summed E-state index contributed by atoms with van der Waals surface area (Å²) in [6.45, 7) is -0.205. The smallest absolute Gasteiger partial charge is 0.387 e. The Labute approximate surface area is 93.3 Å².